The number of ether oxygens (including phenoxy) is 2. The van der Waals surface area contributed by atoms with Crippen molar-refractivity contribution in [2.45, 2.75) is 59.0 Å². The highest BCUT2D eigenvalue weighted by molar-refractivity contribution is 5.87. The average molecular weight is 358 g/mol. The van der Waals surface area contributed by atoms with E-state index >= 15 is 0 Å². The second-order valence-electron chi connectivity index (χ2n) is 7.66. The molecule has 0 aliphatic heterocycles. The summed E-state index contributed by atoms with van der Waals surface area (Å²) in [7, 11) is 0. The van der Waals surface area contributed by atoms with Crippen molar-refractivity contribution in [2.75, 3.05) is 6.61 Å². The van der Waals surface area contributed by atoms with Crippen LogP contribution in [0, 0.1) is 11.3 Å². The molecule has 0 amide bonds. The molecule has 0 unspecified atom stereocenters. The molecule has 0 heterocycles. The lowest BCUT2D eigenvalue weighted by Crippen LogP contribution is -2.30. The number of hydrogen-bond acceptors (Lipinski definition) is 4. The third-order valence-corrected chi connectivity index (χ3v) is 5.17. The summed E-state index contributed by atoms with van der Waals surface area (Å²) in [5.74, 6) is -0.0607. The first-order valence-electron chi connectivity index (χ1n) is 9.51. The van der Waals surface area contributed by atoms with Crippen molar-refractivity contribution in [2.24, 2.45) is 11.3 Å². The molecule has 0 saturated heterocycles. The first-order valence-corrected chi connectivity index (χ1v) is 9.51. The van der Waals surface area contributed by atoms with E-state index in [4.69, 9.17) is 9.47 Å². The number of benzene rings is 1. The maximum Gasteiger partial charge on any atom is 0.331 e. The molecule has 0 atom stereocenters. The molecule has 0 radical (unpaired) electrons. The minimum absolute atomic E-state index is 0.0399. The Labute approximate surface area is 156 Å². The summed E-state index contributed by atoms with van der Waals surface area (Å²) in [5, 5.41) is 0. The molecule has 0 aromatic heterocycles. The molecule has 1 saturated carbocycles. The SMILES string of the molecule is CCC(C)(C)C(=O)OCC1CCC(OC(=O)/C=C/c2ccccc2)CC1. The van der Waals surface area contributed by atoms with Crippen molar-refractivity contribution < 1.29 is 19.1 Å². The molecule has 1 aliphatic carbocycles. The largest absolute Gasteiger partial charge is 0.465 e. The molecule has 1 aromatic carbocycles. The van der Waals surface area contributed by atoms with E-state index in [9.17, 15) is 9.59 Å². The highest BCUT2D eigenvalue weighted by atomic mass is 16.5. The van der Waals surface area contributed by atoms with Gasteiger partial charge in [0.05, 0.1) is 12.0 Å². The fourth-order valence-electron chi connectivity index (χ4n) is 2.88. The number of hydrogen-bond donors (Lipinski definition) is 0. The van der Waals surface area contributed by atoms with Gasteiger partial charge >= 0.3 is 11.9 Å². The highest BCUT2D eigenvalue weighted by Crippen LogP contribution is 2.28. The first kappa shape index (κ1) is 20.2. The van der Waals surface area contributed by atoms with E-state index in [0.29, 0.717) is 12.5 Å². The Bertz CT molecular complexity index is 610. The monoisotopic (exact) mass is 358 g/mol. The van der Waals surface area contributed by atoms with Crippen LogP contribution in [0.2, 0.25) is 0 Å². The van der Waals surface area contributed by atoms with Crippen LogP contribution in [-0.2, 0) is 19.1 Å². The van der Waals surface area contributed by atoms with Gasteiger partial charge in [0.15, 0.2) is 0 Å². The lowest BCUT2D eigenvalue weighted by atomic mass is 9.87. The summed E-state index contributed by atoms with van der Waals surface area (Å²) in [4.78, 5) is 24.0. The fraction of sp³-hybridized carbons (Fsp3) is 0.545. The van der Waals surface area contributed by atoms with Crippen molar-refractivity contribution in [1.29, 1.82) is 0 Å². The molecule has 1 fully saturated rings. The standard InChI is InChI=1S/C22H30O4/c1-4-22(2,3)21(24)25-16-18-10-13-19(14-11-18)26-20(23)15-12-17-8-6-5-7-9-17/h5-9,12,15,18-19H,4,10-11,13-14,16H2,1-3H3/b15-12+. The summed E-state index contributed by atoms with van der Waals surface area (Å²) in [6.45, 7) is 6.28. The Morgan fingerprint density at radius 2 is 1.77 bits per heavy atom. The summed E-state index contributed by atoms with van der Waals surface area (Å²) < 4.78 is 11.0. The molecule has 0 bridgehead atoms. The third-order valence-electron chi connectivity index (χ3n) is 5.17. The van der Waals surface area contributed by atoms with Gasteiger partial charge < -0.3 is 9.47 Å². The Kier molecular flexibility index (Phi) is 7.43. The summed E-state index contributed by atoms with van der Waals surface area (Å²) >= 11 is 0. The quantitative estimate of drug-likeness (QED) is 0.520. The number of rotatable bonds is 7. The molecule has 1 aromatic rings. The zero-order chi connectivity index (χ0) is 19.0. The Hall–Kier alpha value is -2.10. The summed E-state index contributed by atoms with van der Waals surface area (Å²) in [6, 6.07) is 9.68. The van der Waals surface area contributed by atoms with Crippen LogP contribution in [0.1, 0.15) is 58.4 Å². The molecule has 4 heteroatoms. The van der Waals surface area contributed by atoms with Gasteiger partial charge in [-0.3, -0.25) is 4.79 Å². The minimum atomic E-state index is -0.419. The Morgan fingerprint density at radius 3 is 2.38 bits per heavy atom. The van der Waals surface area contributed by atoms with E-state index in [2.05, 4.69) is 0 Å². The van der Waals surface area contributed by atoms with Gasteiger partial charge in [0, 0.05) is 6.08 Å². The smallest absolute Gasteiger partial charge is 0.331 e. The van der Waals surface area contributed by atoms with Gasteiger partial charge in [0.25, 0.3) is 0 Å². The van der Waals surface area contributed by atoms with Crippen LogP contribution in [0.15, 0.2) is 36.4 Å². The van der Waals surface area contributed by atoms with Crippen LogP contribution in [-0.4, -0.2) is 24.6 Å². The van der Waals surface area contributed by atoms with Crippen LogP contribution in [0.5, 0.6) is 0 Å². The molecule has 4 nitrogen and oxygen atoms in total. The zero-order valence-electron chi connectivity index (χ0n) is 16.1. The molecule has 26 heavy (non-hydrogen) atoms. The molecular weight excluding hydrogens is 328 g/mol. The molecule has 0 spiro atoms. The van der Waals surface area contributed by atoms with Gasteiger partial charge in [-0.25, -0.2) is 4.79 Å². The number of esters is 2. The number of carbonyl (C=O) groups is 2. The Morgan fingerprint density at radius 1 is 1.12 bits per heavy atom. The topological polar surface area (TPSA) is 52.6 Å². The molecule has 1 aliphatic rings. The maximum absolute atomic E-state index is 12.0. The van der Waals surface area contributed by atoms with E-state index in [1.54, 1.807) is 6.08 Å². The van der Waals surface area contributed by atoms with Gasteiger partial charge in [-0.05, 0) is 63.5 Å². The van der Waals surface area contributed by atoms with Gasteiger partial charge in [0.2, 0.25) is 0 Å². The molecular formula is C22H30O4. The second kappa shape index (κ2) is 9.56. The van der Waals surface area contributed by atoms with Gasteiger partial charge in [-0.2, -0.15) is 0 Å². The maximum atomic E-state index is 12.0. The highest BCUT2D eigenvalue weighted by Gasteiger charge is 2.29. The van der Waals surface area contributed by atoms with Crippen molar-refractivity contribution in [1.82, 2.24) is 0 Å². The van der Waals surface area contributed by atoms with Crippen molar-refractivity contribution in [3.63, 3.8) is 0 Å². The predicted molar refractivity (Wildman–Crippen MR) is 102 cm³/mol. The zero-order valence-corrected chi connectivity index (χ0v) is 16.1. The van der Waals surface area contributed by atoms with Gasteiger partial charge in [0.1, 0.15) is 6.10 Å². The first-order chi connectivity index (χ1) is 12.4. The van der Waals surface area contributed by atoms with Crippen molar-refractivity contribution in [3.05, 3.63) is 42.0 Å². The third kappa shape index (κ3) is 6.32. The normalized spacial score (nSPS) is 20.7. The van der Waals surface area contributed by atoms with Crippen molar-refractivity contribution >= 4 is 18.0 Å². The second-order valence-corrected chi connectivity index (χ2v) is 7.66. The molecule has 2 rings (SSSR count). The Balaban J connectivity index is 1.69. The van der Waals surface area contributed by atoms with Gasteiger partial charge in [-0.15, -0.1) is 0 Å². The van der Waals surface area contributed by atoms with Crippen LogP contribution in [0.25, 0.3) is 6.08 Å². The number of carbonyl (C=O) groups excluding carboxylic acids is 2. The predicted octanol–water partition coefficient (Wildman–Crippen LogP) is 4.78. The lowest BCUT2D eigenvalue weighted by molar-refractivity contribution is -0.156. The van der Waals surface area contributed by atoms with Crippen LogP contribution >= 0.6 is 0 Å². The summed E-state index contributed by atoms with van der Waals surface area (Å²) in [5.41, 5.74) is 0.558. The van der Waals surface area contributed by atoms with Crippen LogP contribution < -0.4 is 0 Å². The van der Waals surface area contributed by atoms with Gasteiger partial charge in [-0.1, -0.05) is 37.3 Å². The molecule has 0 N–H and O–H groups in total. The van der Waals surface area contributed by atoms with E-state index < -0.39 is 5.41 Å². The van der Waals surface area contributed by atoms with E-state index in [-0.39, 0.29) is 18.0 Å². The lowest BCUT2D eigenvalue weighted by Gasteiger charge is -2.29. The van der Waals surface area contributed by atoms with E-state index in [0.717, 1.165) is 37.7 Å². The van der Waals surface area contributed by atoms with E-state index in [1.165, 1.54) is 6.08 Å². The van der Waals surface area contributed by atoms with Crippen LogP contribution in [0.4, 0.5) is 0 Å². The minimum Gasteiger partial charge on any atom is -0.465 e. The van der Waals surface area contributed by atoms with Crippen molar-refractivity contribution in [3.8, 4) is 0 Å². The molecule has 142 valence electrons. The average Bonchev–Trinajstić information content (AvgIpc) is 2.66. The summed E-state index contributed by atoms with van der Waals surface area (Å²) in [6.07, 6.45) is 7.46. The van der Waals surface area contributed by atoms with Crippen LogP contribution in [0.3, 0.4) is 0 Å². The van der Waals surface area contributed by atoms with E-state index in [1.807, 2.05) is 51.1 Å². The fourth-order valence-corrected chi connectivity index (χ4v) is 2.88.